The van der Waals surface area contributed by atoms with Crippen LogP contribution >= 0.6 is 0 Å². The summed E-state index contributed by atoms with van der Waals surface area (Å²) < 4.78 is 50.9. The predicted molar refractivity (Wildman–Crippen MR) is 104 cm³/mol. The number of benzene rings is 2. The molecule has 10 heteroatoms. The Kier molecular flexibility index (Phi) is 6.45. The fourth-order valence-electron chi connectivity index (χ4n) is 2.69. The lowest BCUT2D eigenvalue weighted by molar-refractivity contribution is 0.392. The standard InChI is InChI=1S/C19H21FN4O4S/c1-27-15-7-8-16(28-2)17(12-15)29(25,26)21-10-9-18-22-19(24-23-18)11-13-3-5-14(20)6-4-13/h3-8,12,21H,9-11H2,1-2H3,(H,22,23,24). The minimum absolute atomic E-state index is 0.00802. The van der Waals surface area contributed by atoms with Gasteiger partial charge in [-0.15, -0.1) is 0 Å². The second kappa shape index (κ2) is 9.01. The summed E-state index contributed by atoms with van der Waals surface area (Å²) in [6.07, 6.45) is 0.769. The number of methoxy groups -OCH3 is 2. The molecule has 0 fully saturated rings. The quantitative estimate of drug-likeness (QED) is 0.549. The minimum atomic E-state index is -3.81. The molecule has 2 aromatic carbocycles. The molecule has 8 nitrogen and oxygen atoms in total. The summed E-state index contributed by atoms with van der Waals surface area (Å²) in [7, 11) is -0.951. The molecule has 0 amide bonds. The minimum Gasteiger partial charge on any atom is -0.497 e. The molecule has 0 unspecified atom stereocenters. The molecule has 0 aliphatic heterocycles. The van der Waals surface area contributed by atoms with Crippen LogP contribution in [0.15, 0.2) is 47.4 Å². The Balaban J connectivity index is 1.61. The summed E-state index contributed by atoms with van der Waals surface area (Å²) in [5.74, 6) is 1.42. The van der Waals surface area contributed by atoms with Gasteiger partial charge in [-0.1, -0.05) is 12.1 Å². The highest BCUT2D eigenvalue weighted by atomic mass is 32.2. The Hall–Kier alpha value is -2.98. The van der Waals surface area contributed by atoms with Gasteiger partial charge in [0.25, 0.3) is 0 Å². The molecule has 29 heavy (non-hydrogen) atoms. The summed E-state index contributed by atoms with van der Waals surface area (Å²) >= 11 is 0. The van der Waals surface area contributed by atoms with E-state index in [0.29, 0.717) is 30.2 Å². The maximum atomic E-state index is 13.0. The third-order valence-electron chi connectivity index (χ3n) is 4.16. The molecular formula is C19H21FN4O4S. The van der Waals surface area contributed by atoms with Gasteiger partial charge in [0.15, 0.2) is 5.82 Å². The van der Waals surface area contributed by atoms with Crippen LogP contribution < -0.4 is 14.2 Å². The van der Waals surface area contributed by atoms with Crippen LogP contribution in [0, 0.1) is 5.82 Å². The van der Waals surface area contributed by atoms with Gasteiger partial charge < -0.3 is 9.47 Å². The summed E-state index contributed by atoms with van der Waals surface area (Å²) in [5, 5.41) is 6.91. The van der Waals surface area contributed by atoms with E-state index in [1.54, 1.807) is 18.2 Å². The van der Waals surface area contributed by atoms with Crippen molar-refractivity contribution in [2.75, 3.05) is 20.8 Å². The van der Waals surface area contributed by atoms with Crippen molar-refractivity contribution in [2.45, 2.75) is 17.7 Å². The smallest absolute Gasteiger partial charge is 0.244 e. The zero-order valence-electron chi connectivity index (χ0n) is 16.0. The van der Waals surface area contributed by atoms with Gasteiger partial charge in [-0.3, -0.25) is 5.10 Å². The Labute approximate surface area is 168 Å². The van der Waals surface area contributed by atoms with E-state index in [9.17, 15) is 12.8 Å². The van der Waals surface area contributed by atoms with Crippen LogP contribution in [0.3, 0.4) is 0 Å². The van der Waals surface area contributed by atoms with Crippen molar-refractivity contribution in [1.82, 2.24) is 19.9 Å². The van der Waals surface area contributed by atoms with Gasteiger partial charge >= 0.3 is 0 Å². The molecule has 0 spiro atoms. The monoisotopic (exact) mass is 420 g/mol. The number of rotatable bonds is 9. The molecule has 3 rings (SSSR count). The van der Waals surface area contributed by atoms with Gasteiger partial charge in [-0.25, -0.2) is 22.5 Å². The van der Waals surface area contributed by atoms with Crippen molar-refractivity contribution in [3.63, 3.8) is 0 Å². The van der Waals surface area contributed by atoms with E-state index >= 15 is 0 Å². The number of ether oxygens (including phenoxy) is 2. The molecule has 154 valence electrons. The highest BCUT2D eigenvalue weighted by molar-refractivity contribution is 7.89. The lowest BCUT2D eigenvalue weighted by Crippen LogP contribution is -2.26. The number of H-pyrrole nitrogens is 1. The molecule has 2 N–H and O–H groups in total. The highest BCUT2D eigenvalue weighted by Gasteiger charge is 2.20. The van der Waals surface area contributed by atoms with E-state index in [1.165, 1.54) is 38.5 Å². The summed E-state index contributed by atoms with van der Waals surface area (Å²) in [4.78, 5) is 4.33. The van der Waals surface area contributed by atoms with Gasteiger partial charge in [0.2, 0.25) is 10.0 Å². The number of nitrogens with one attached hydrogen (secondary N) is 2. The van der Waals surface area contributed by atoms with Crippen LogP contribution in [-0.2, 0) is 22.9 Å². The van der Waals surface area contributed by atoms with Gasteiger partial charge in [0.05, 0.1) is 14.2 Å². The zero-order chi connectivity index (χ0) is 20.9. The number of aromatic amines is 1. The highest BCUT2D eigenvalue weighted by Crippen LogP contribution is 2.27. The molecule has 0 radical (unpaired) electrons. The number of sulfonamides is 1. The first-order chi connectivity index (χ1) is 13.9. The van der Waals surface area contributed by atoms with Crippen molar-refractivity contribution >= 4 is 10.0 Å². The average molecular weight is 420 g/mol. The van der Waals surface area contributed by atoms with Crippen LogP contribution in [0.1, 0.15) is 17.2 Å². The van der Waals surface area contributed by atoms with Crippen molar-refractivity contribution in [1.29, 1.82) is 0 Å². The lowest BCUT2D eigenvalue weighted by Gasteiger charge is -2.11. The topological polar surface area (TPSA) is 106 Å². The SMILES string of the molecule is COc1ccc(OC)c(S(=O)(=O)NCCc2n[nH]c(Cc3ccc(F)cc3)n2)c1. The van der Waals surface area contributed by atoms with Crippen molar-refractivity contribution in [3.8, 4) is 11.5 Å². The van der Waals surface area contributed by atoms with Gasteiger partial charge in [0, 0.05) is 25.5 Å². The Morgan fingerprint density at radius 3 is 2.55 bits per heavy atom. The predicted octanol–water partition coefficient (Wildman–Crippen LogP) is 2.07. The van der Waals surface area contributed by atoms with Crippen LogP contribution in [0.5, 0.6) is 11.5 Å². The largest absolute Gasteiger partial charge is 0.497 e. The number of aromatic nitrogens is 3. The maximum absolute atomic E-state index is 13.0. The molecule has 1 heterocycles. The zero-order valence-corrected chi connectivity index (χ0v) is 16.8. The number of halogens is 1. The van der Waals surface area contributed by atoms with E-state index < -0.39 is 10.0 Å². The average Bonchev–Trinajstić information content (AvgIpc) is 3.16. The molecule has 0 atom stereocenters. The Morgan fingerprint density at radius 1 is 1.10 bits per heavy atom. The van der Waals surface area contributed by atoms with Crippen LogP contribution in [0.4, 0.5) is 4.39 Å². The van der Waals surface area contributed by atoms with E-state index in [1.807, 2.05) is 0 Å². The number of hydrogen-bond donors (Lipinski definition) is 2. The van der Waals surface area contributed by atoms with Crippen LogP contribution in [0.25, 0.3) is 0 Å². The molecule has 0 saturated carbocycles. The van der Waals surface area contributed by atoms with Gasteiger partial charge in [0.1, 0.15) is 28.0 Å². The van der Waals surface area contributed by atoms with E-state index in [0.717, 1.165) is 5.56 Å². The molecule has 0 aliphatic carbocycles. The summed E-state index contributed by atoms with van der Waals surface area (Å²) in [5.41, 5.74) is 0.889. The lowest BCUT2D eigenvalue weighted by atomic mass is 10.1. The summed E-state index contributed by atoms with van der Waals surface area (Å²) in [6, 6.07) is 10.7. The van der Waals surface area contributed by atoms with E-state index in [2.05, 4.69) is 19.9 Å². The maximum Gasteiger partial charge on any atom is 0.244 e. The molecule has 3 aromatic rings. The molecule has 1 aromatic heterocycles. The van der Waals surface area contributed by atoms with E-state index in [-0.39, 0.29) is 23.0 Å². The Morgan fingerprint density at radius 2 is 1.86 bits per heavy atom. The first kappa shape index (κ1) is 20.7. The van der Waals surface area contributed by atoms with E-state index in [4.69, 9.17) is 9.47 Å². The molecular weight excluding hydrogens is 399 g/mol. The molecule has 0 bridgehead atoms. The first-order valence-electron chi connectivity index (χ1n) is 8.77. The van der Waals surface area contributed by atoms with Gasteiger partial charge in [-0.2, -0.15) is 5.10 Å². The van der Waals surface area contributed by atoms with Crippen LogP contribution in [-0.4, -0.2) is 44.4 Å². The fourth-order valence-corrected chi connectivity index (χ4v) is 3.90. The molecule has 0 aliphatic rings. The number of hydrogen-bond acceptors (Lipinski definition) is 6. The third-order valence-corrected chi connectivity index (χ3v) is 5.65. The van der Waals surface area contributed by atoms with Crippen LogP contribution in [0.2, 0.25) is 0 Å². The Bertz CT molecular complexity index is 1070. The number of nitrogens with zero attached hydrogens (tertiary/aromatic N) is 2. The van der Waals surface area contributed by atoms with Crippen molar-refractivity contribution in [3.05, 3.63) is 65.5 Å². The van der Waals surface area contributed by atoms with Crippen molar-refractivity contribution < 1.29 is 22.3 Å². The van der Waals surface area contributed by atoms with Gasteiger partial charge in [-0.05, 0) is 29.8 Å². The second-order valence-electron chi connectivity index (χ2n) is 6.17. The normalized spacial score (nSPS) is 11.4. The first-order valence-corrected chi connectivity index (χ1v) is 10.3. The fraction of sp³-hybridized carbons (Fsp3) is 0.263. The van der Waals surface area contributed by atoms with Crippen molar-refractivity contribution in [2.24, 2.45) is 0 Å². The third kappa shape index (κ3) is 5.30. The summed E-state index contributed by atoms with van der Waals surface area (Å²) in [6.45, 7) is 0.108. The second-order valence-corrected chi connectivity index (χ2v) is 7.90. The molecule has 0 saturated heterocycles.